The fourth-order valence-corrected chi connectivity index (χ4v) is 5.70. The second kappa shape index (κ2) is 10.3. The standard InChI is InChI=1S/C28H32F3N3O2/c1-18-14-20(9-10-22(18)16-34-13-5-8-23(34)17-35)26-32-27(36-33-26)21-11-12-24(19-6-3-2-4-7-19)25(15-21)28(29,30)31/h9-12,14-15,19,23,35H,2-8,13,16-17H2,1H3. The predicted octanol–water partition coefficient (Wildman–Crippen LogP) is 6.74. The minimum atomic E-state index is -4.44. The van der Waals surface area contributed by atoms with Gasteiger partial charge in [0, 0.05) is 23.7 Å². The fraction of sp³-hybridized carbons (Fsp3) is 0.500. The van der Waals surface area contributed by atoms with Gasteiger partial charge < -0.3 is 9.63 Å². The van der Waals surface area contributed by atoms with E-state index in [-0.39, 0.29) is 30.0 Å². The highest BCUT2D eigenvalue weighted by atomic mass is 19.4. The van der Waals surface area contributed by atoms with Crippen LogP contribution in [0.4, 0.5) is 13.2 Å². The van der Waals surface area contributed by atoms with Crippen molar-refractivity contribution in [2.24, 2.45) is 0 Å². The highest BCUT2D eigenvalue weighted by Gasteiger charge is 2.36. The highest BCUT2D eigenvalue weighted by molar-refractivity contribution is 5.62. The molecule has 36 heavy (non-hydrogen) atoms. The molecule has 3 aromatic rings. The zero-order valence-electron chi connectivity index (χ0n) is 20.5. The monoisotopic (exact) mass is 499 g/mol. The molecule has 5 nitrogen and oxygen atoms in total. The first-order valence-corrected chi connectivity index (χ1v) is 12.8. The molecule has 5 rings (SSSR count). The molecule has 2 heterocycles. The van der Waals surface area contributed by atoms with Crippen molar-refractivity contribution in [3.8, 4) is 22.8 Å². The van der Waals surface area contributed by atoms with Gasteiger partial charge in [-0.2, -0.15) is 18.2 Å². The van der Waals surface area contributed by atoms with Crippen LogP contribution in [0.3, 0.4) is 0 Å². The van der Waals surface area contributed by atoms with Gasteiger partial charge in [-0.1, -0.05) is 42.6 Å². The first-order valence-electron chi connectivity index (χ1n) is 12.8. The van der Waals surface area contributed by atoms with E-state index in [1.807, 2.05) is 25.1 Å². The SMILES string of the molecule is Cc1cc(-c2noc(-c3ccc(C4CCCCC4)c(C(F)(F)F)c3)n2)ccc1CN1CCCC1CO. The Morgan fingerprint density at radius 3 is 2.50 bits per heavy atom. The first-order chi connectivity index (χ1) is 17.3. The molecule has 1 aromatic heterocycles. The lowest BCUT2D eigenvalue weighted by molar-refractivity contribution is -0.138. The topological polar surface area (TPSA) is 62.4 Å². The van der Waals surface area contributed by atoms with Crippen LogP contribution in [-0.2, 0) is 12.7 Å². The molecule has 1 saturated heterocycles. The Bertz CT molecular complexity index is 1200. The Morgan fingerprint density at radius 2 is 1.78 bits per heavy atom. The van der Waals surface area contributed by atoms with Gasteiger partial charge in [0.15, 0.2) is 0 Å². The number of likely N-dealkylation sites (tertiary alicyclic amines) is 1. The molecule has 0 amide bonds. The maximum absolute atomic E-state index is 14.0. The van der Waals surface area contributed by atoms with Crippen molar-refractivity contribution in [2.75, 3.05) is 13.2 Å². The summed E-state index contributed by atoms with van der Waals surface area (Å²) in [6.07, 6.45) is 2.26. The molecule has 2 fully saturated rings. The number of alkyl halides is 3. The van der Waals surface area contributed by atoms with Crippen molar-refractivity contribution in [3.63, 3.8) is 0 Å². The molecule has 0 bridgehead atoms. The Hall–Kier alpha value is -2.71. The number of halogens is 3. The van der Waals surface area contributed by atoms with Crippen molar-refractivity contribution in [3.05, 3.63) is 58.7 Å². The molecule has 2 aliphatic rings. The van der Waals surface area contributed by atoms with Crippen molar-refractivity contribution >= 4 is 0 Å². The van der Waals surface area contributed by atoms with Gasteiger partial charge in [0.2, 0.25) is 5.82 Å². The second-order valence-corrected chi connectivity index (χ2v) is 10.1. The molecular formula is C28H32F3N3O2. The van der Waals surface area contributed by atoms with Gasteiger partial charge in [0.25, 0.3) is 5.89 Å². The second-order valence-electron chi connectivity index (χ2n) is 10.1. The summed E-state index contributed by atoms with van der Waals surface area (Å²) in [6.45, 7) is 3.92. The molecule has 1 aliphatic heterocycles. The van der Waals surface area contributed by atoms with Crippen LogP contribution in [0, 0.1) is 6.92 Å². The van der Waals surface area contributed by atoms with Crippen LogP contribution in [0.25, 0.3) is 22.8 Å². The van der Waals surface area contributed by atoms with Crippen molar-refractivity contribution < 1.29 is 22.8 Å². The number of aromatic nitrogens is 2. The minimum absolute atomic E-state index is 0.0580. The molecule has 8 heteroatoms. The summed E-state index contributed by atoms with van der Waals surface area (Å²) in [6, 6.07) is 10.5. The Balaban J connectivity index is 1.38. The van der Waals surface area contributed by atoms with E-state index in [9.17, 15) is 18.3 Å². The van der Waals surface area contributed by atoms with Gasteiger partial charge in [-0.25, -0.2) is 0 Å². The Morgan fingerprint density at radius 1 is 1.00 bits per heavy atom. The quantitative estimate of drug-likeness (QED) is 0.407. The maximum atomic E-state index is 14.0. The van der Waals surface area contributed by atoms with Gasteiger partial charge in [0.1, 0.15) is 0 Å². The Labute approximate surface area is 209 Å². The van der Waals surface area contributed by atoms with Crippen molar-refractivity contribution in [2.45, 2.75) is 76.6 Å². The zero-order chi connectivity index (χ0) is 25.3. The van der Waals surface area contributed by atoms with E-state index in [1.165, 1.54) is 0 Å². The smallest absolute Gasteiger partial charge is 0.395 e. The minimum Gasteiger partial charge on any atom is -0.395 e. The molecule has 0 radical (unpaired) electrons. The number of rotatable bonds is 6. The van der Waals surface area contributed by atoms with Crippen LogP contribution < -0.4 is 0 Å². The zero-order valence-corrected chi connectivity index (χ0v) is 20.5. The molecule has 192 valence electrons. The van der Waals surface area contributed by atoms with E-state index in [2.05, 4.69) is 15.0 Å². The molecule has 1 saturated carbocycles. The molecular weight excluding hydrogens is 467 g/mol. The third-order valence-electron chi connectivity index (χ3n) is 7.76. The van der Waals surface area contributed by atoms with Gasteiger partial charge in [-0.15, -0.1) is 0 Å². The van der Waals surface area contributed by atoms with Crippen LogP contribution in [0.2, 0.25) is 0 Å². The summed E-state index contributed by atoms with van der Waals surface area (Å²) in [5.41, 5.74) is 3.03. The van der Waals surface area contributed by atoms with E-state index in [1.54, 1.807) is 12.1 Å². The van der Waals surface area contributed by atoms with Crippen LogP contribution in [0.15, 0.2) is 40.9 Å². The van der Waals surface area contributed by atoms with Crippen LogP contribution in [-0.4, -0.2) is 39.3 Å². The number of aliphatic hydroxyl groups is 1. The number of nitrogens with zero attached hydrogens (tertiary/aromatic N) is 3. The third kappa shape index (κ3) is 5.20. The normalized spacial score (nSPS) is 19.8. The van der Waals surface area contributed by atoms with Gasteiger partial charge in [0.05, 0.1) is 12.2 Å². The number of aryl methyl sites for hydroxylation is 1. The largest absolute Gasteiger partial charge is 0.416 e. The van der Waals surface area contributed by atoms with Gasteiger partial charge >= 0.3 is 6.18 Å². The first kappa shape index (κ1) is 25.0. The van der Waals surface area contributed by atoms with E-state index in [0.717, 1.165) is 80.8 Å². The highest BCUT2D eigenvalue weighted by Crippen LogP contribution is 2.42. The average molecular weight is 500 g/mol. The van der Waals surface area contributed by atoms with Gasteiger partial charge in [-0.3, -0.25) is 4.90 Å². The Kier molecular flexibility index (Phi) is 7.17. The summed E-state index contributed by atoms with van der Waals surface area (Å²) in [5, 5.41) is 13.6. The predicted molar refractivity (Wildman–Crippen MR) is 131 cm³/mol. The summed E-state index contributed by atoms with van der Waals surface area (Å²) >= 11 is 0. The lowest BCUT2D eigenvalue weighted by atomic mass is 9.81. The maximum Gasteiger partial charge on any atom is 0.416 e. The number of aliphatic hydroxyl groups excluding tert-OH is 1. The number of hydrogen-bond donors (Lipinski definition) is 1. The average Bonchev–Trinajstić information content (AvgIpc) is 3.55. The number of benzene rings is 2. The molecule has 1 unspecified atom stereocenters. The fourth-order valence-electron chi connectivity index (χ4n) is 5.70. The van der Waals surface area contributed by atoms with Crippen LogP contribution in [0.1, 0.15) is 73.1 Å². The molecule has 1 N–H and O–H groups in total. The molecule has 0 spiro atoms. The lowest BCUT2D eigenvalue weighted by Crippen LogP contribution is -2.31. The third-order valence-corrected chi connectivity index (χ3v) is 7.76. The molecule has 2 aromatic carbocycles. The van der Waals surface area contributed by atoms with E-state index in [0.29, 0.717) is 11.4 Å². The van der Waals surface area contributed by atoms with Crippen LogP contribution in [0.5, 0.6) is 0 Å². The summed E-state index contributed by atoms with van der Waals surface area (Å²) in [7, 11) is 0. The summed E-state index contributed by atoms with van der Waals surface area (Å²) in [5.74, 6) is 0.367. The van der Waals surface area contributed by atoms with E-state index in [4.69, 9.17) is 4.52 Å². The lowest BCUT2D eigenvalue weighted by Gasteiger charge is -2.25. The van der Waals surface area contributed by atoms with Gasteiger partial charge in [-0.05, 0) is 80.0 Å². The van der Waals surface area contributed by atoms with Crippen molar-refractivity contribution in [1.29, 1.82) is 0 Å². The molecule has 1 aliphatic carbocycles. The van der Waals surface area contributed by atoms with E-state index >= 15 is 0 Å². The number of hydrogen-bond acceptors (Lipinski definition) is 5. The molecule has 1 atom stereocenters. The summed E-state index contributed by atoms with van der Waals surface area (Å²) in [4.78, 5) is 6.72. The van der Waals surface area contributed by atoms with E-state index < -0.39 is 11.7 Å². The summed E-state index contributed by atoms with van der Waals surface area (Å²) < 4.78 is 47.3. The van der Waals surface area contributed by atoms with Crippen LogP contribution >= 0.6 is 0 Å². The van der Waals surface area contributed by atoms with Crippen molar-refractivity contribution in [1.82, 2.24) is 15.0 Å².